The number of rotatable bonds is 5. The topological polar surface area (TPSA) is 68.6 Å². The number of fused-ring (bicyclic) bond motifs is 1. The van der Waals surface area contributed by atoms with Gasteiger partial charge in [0.25, 0.3) is 0 Å². The van der Waals surface area contributed by atoms with E-state index in [9.17, 15) is 0 Å². The van der Waals surface area contributed by atoms with Crippen LogP contribution < -0.4 is 0 Å². The van der Waals surface area contributed by atoms with E-state index < -0.39 is 0 Å². The molecule has 0 unspecified atom stereocenters. The number of nitrogens with zero attached hydrogens (tertiary/aromatic N) is 4. The molecule has 0 bridgehead atoms. The average molecular weight is 462 g/mol. The maximum absolute atomic E-state index is 9.06. The molecule has 4 aromatic rings. The number of aromatic amines is 1. The number of aryl methyl sites for hydroxylation is 3. The van der Waals surface area contributed by atoms with Gasteiger partial charge >= 0.3 is 0 Å². The largest absolute Gasteiger partial charge is 0.371 e. The summed E-state index contributed by atoms with van der Waals surface area (Å²) in [5.41, 5.74) is 10.8. The SMILES string of the molecule is C=C(c1cc(-c2nc3c(CC)nccc3[nH]2)c(C)cc1C)N1CCC(c2ccc(C#N)cc2)CC1. The number of piperidine rings is 1. The van der Waals surface area contributed by atoms with Crippen LogP contribution >= 0.6 is 0 Å². The summed E-state index contributed by atoms with van der Waals surface area (Å²) < 4.78 is 0. The molecule has 0 aliphatic carbocycles. The van der Waals surface area contributed by atoms with Crippen molar-refractivity contribution in [2.75, 3.05) is 13.1 Å². The zero-order chi connectivity index (χ0) is 24.5. The van der Waals surface area contributed by atoms with Crippen LogP contribution in [0.25, 0.3) is 28.1 Å². The number of nitrogens with one attached hydrogen (secondary N) is 1. The molecule has 2 aromatic carbocycles. The zero-order valence-electron chi connectivity index (χ0n) is 20.7. The molecule has 0 spiro atoms. The van der Waals surface area contributed by atoms with Crippen LogP contribution in [-0.4, -0.2) is 32.9 Å². The van der Waals surface area contributed by atoms with Crippen molar-refractivity contribution in [3.63, 3.8) is 0 Å². The van der Waals surface area contributed by atoms with Crippen LogP contribution in [0.15, 0.2) is 55.2 Å². The van der Waals surface area contributed by atoms with E-state index in [1.54, 1.807) is 0 Å². The van der Waals surface area contributed by atoms with Crippen LogP contribution in [0.1, 0.15) is 59.2 Å². The minimum atomic E-state index is 0.526. The van der Waals surface area contributed by atoms with Gasteiger partial charge in [-0.15, -0.1) is 0 Å². The predicted octanol–water partition coefficient (Wildman–Crippen LogP) is 6.53. The van der Waals surface area contributed by atoms with Crippen LogP contribution in [0.2, 0.25) is 0 Å². The summed E-state index contributed by atoms with van der Waals surface area (Å²) in [6, 6.07) is 16.8. The Hall–Kier alpha value is -3.91. The van der Waals surface area contributed by atoms with Gasteiger partial charge < -0.3 is 9.88 Å². The Morgan fingerprint density at radius 2 is 1.86 bits per heavy atom. The van der Waals surface area contributed by atoms with E-state index in [0.29, 0.717) is 5.92 Å². The lowest BCUT2D eigenvalue weighted by Gasteiger charge is -2.35. The summed E-state index contributed by atoms with van der Waals surface area (Å²) in [7, 11) is 0. The molecule has 5 heteroatoms. The third-order valence-corrected chi connectivity index (χ3v) is 7.34. The molecule has 1 aliphatic rings. The van der Waals surface area contributed by atoms with E-state index in [1.165, 1.54) is 22.3 Å². The third kappa shape index (κ3) is 4.33. The summed E-state index contributed by atoms with van der Waals surface area (Å²) in [6.07, 6.45) is 4.87. The highest BCUT2D eigenvalue weighted by atomic mass is 15.1. The number of nitriles is 1. The number of aromatic nitrogens is 3. The Bertz CT molecular complexity index is 1430. The highest BCUT2D eigenvalue weighted by Gasteiger charge is 2.23. The molecule has 1 fully saturated rings. The lowest BCUT2D eigenvalue weighted by molar-refractivity contribution is 0.299. The van der Waals surface area contributed by atoms with Crippen molar-refractivity contribution in [2.45, 2.75) is 46.0 Å². The number of pyridine rings is 1. The van der Waals surface area contributed by atoms with E-state index in [-0.39, 0.29) is 0 Å². The summed E-state index contributed by atoms with van der Waals surface area (Å²) in [5, 5.41) is 9.06. The second-order valence-corrected chi connectivity index (χ2v) is 9.52. The lowest BCUT2D eigenvalue weighted by Crippen LogP contribution is -2.31. The van der Waals surface area contributed by atoms with Gasteiger partial charge in [0.05, 0.1) is 22.8 Å². The number of benzene rings is 2. The Morgan fingerprint density at radius 3 is 2.54 bits per heavy atom. The van der Waals surface area contributed by atoms with E-state index in [1.807, 2.05) is 24.4 Å². The van der Waals surface area contributed by atoms with Crippen molar-refractivity contribution in [2.24, 2.45) is 0 Å². The van der Waals surface area contributed by atoms with Gasteiger partial charge in [0.15, 0.2) is 0 Å². The second kappa shape index (κ2) is 9.38. The normalized spacial score (nSPS) is 14.3. The van der Waals surface area contributed by atoms with Gasteiger partial charge in [-0.3, -0.25) is 4.98 Å². The van der Waals surface area contributed by atoms with E-state index in [0.717, 1.165) is 71.7 Å². The van der Waals surface area contributed by atoms with Crippen molar-refractivity contribution >= 4 is 16.7 Å². The van der Waals surface area contributed by atoms with E-state index in [4.69, 9.17) is 10.2 Å². The minimum absolute atomic E-state index is 0.526. The standard InChI is InChI=1S/C30H31N5/c1-5-27-29-28(10-13-32-27)33-30(34-29)26-17-25(19(2)16-20(26)3)21(4)35-14-11-24(12-15-35)23-8-6-22(18-31)7-9-23/h6-10,13,16-17,24H,4-5,11-12,14-15H2,1-3H3,(H,33,34). The van der Waals surface area contributed by atoms with Gasteiger partial charge in [0.2, 0.25) is 0 Å². The Kier molecular flexibility index (Phi) is 6.13. The van der Waals surface area contributed by atoms with Gasteiger partial charge in [-0.25, -0.2) is 4.98 Å². The van der Waals surface area contributed by atoms with Crippen LogP contribution in [0.5, 0.6) is 0 Å². The van der Waals surface area contributed by atoms with E-state index in [2.05, 4.69) is 72.6 Å². The van der Waals surface area contributed by atoms with Gasteiger partial charge in [-0.2, -0.15) is 5.26 Å². The lowest BCUT2D eigenvalue weighted by atomic mass is 9.88. The first kappa shape index (κ1) is 22.9. The third-order valence-electron chi connectivity index (χ3n) is 7.34. The fourth-order valence-corrected chi connectivity index (χ4v) is 5.28. The molecule has 0 atom stereocenters. The monoisotopic (exact) mass is 461 g/mol. The van der Waals surface area contributed by atoms with E-state index >= 15 is 0 Å². The van der Waals surface area contributed by atoms with Crippen molar-refractivity contribution in [1.82, 2.24) is 19.9 Å². The molecule has 35 heavy (non-hydrogen) atoms. The number of hydrogen-bond donors (Lipinski definition) is 1. The van der Waals surface area contributed by atoms with Crippen molar-refractivity contribution < 1.29 is 0 Å². The fourth-order valence-electron chi connectivity index (χ4n) is 5.28. The zero-order valence-corrected chi connectivity index (χ0v) is 20.7. The summed E-state index contributed by atoms with van der Waals surface area (Å²) in [6.45, 7) is 12.9. The number of hydrogen-bond acceptors (Lipinski definition) is 4. The molecule has 1 N–H and O–H groups in total. The van der Waals surface area contributed by atoms with Crippen LogP contribution in [0.3, 0.4) is 0 Å². The van der Waals surface area contributed by atoms with Crippen LogP contribution in [0, 0.1) is 25.2 Å². The van der Waals surface area contributed by atoms with Crippen LogP contribution in [-0.2, 0) is 6.42 Å². The molecule has 1 saturated heterocycles. The summed E-state index contributed by atoms with van der Waals surface area (Å²) in [4.78, 5) is 15.4. The van der Waals surface area contributed by atoms with Crippen LogP contribution in [0.4, 0.5) is 0 Å². The maximum atomic E-state index is 9.06. The molecule has 0 saturated carbocycles. The number of imidazole rings is 1. The summed E-state index contributed by atoms with van der Waals surface area (Å²) >= 11 is 0. The molecular formula is C30H31N5. The summed E-state index contributed by atoms with van der Waals surface area (Å²) in [5.74, 6) is 1.41. The first-order valence-electron chi connectivity index (χ1n) is 12.4. The Labute approximate surface area is 207 Å². The highest BCUT2D eigenvalue weighted by Crippen LogP contribution is 2.35. The van der Waals surface area contributed by atoms with Gasteiger partial charge in [0, 0.05) is 36.1 Å². The number of likely N-dealkylation sites (tertiary alicyclic amines) is 1. The quantitative estimate of drug-likeness (QED) is 0.367. The van der Waals surface area contributed by atoms with Gasteiger partial charge in [0.1, 0.15) is 11.3 Å². The second-order valence-electron chi connectivity index (χ2n) is 9.52. The molecule has 5 nitrogen and oxygen atoms in total. The highest BCUT2D eigenvalue weighted by molar-refractivity contribution is 5.82. The number of H-pyrrole nitrogens is 1. The predicted molar refractivity (Wildman–Crippen MR) is 142 cm³/mol. The Balaban J connectivity index is 1.38. The van der Waals surface area contributed by atoms with Crippen molar-refractivity contribution in [3.8, 4) is 17.5 Å². The maximum Gasteiger partial charge on any atom is 0.138 e. The molecule has 5 rings (SSSR count). The molecule has 3 heterocycles. The Morgan fingerprint density at radius 1 is 1.11 bits per heavy atom. The van der Waals surface area contributed by atoms with Gasteiger partial charge in [-0.05, 0) is 80.0 Å². The van der Waals surface area contributed by atoms with Crippen molar-refractivity contribution in [3.05, 3.63) is 88.8 Å². The molecule has 1 aliphatic heterocycles. The smallest absolute Gasteiger partial charge is 0.138 e. The molecular weight excluding hydrogens is 430 g/mol. The molecule has 0 radical (unpaired) electrons. The first-order valence-corrected chi connectivity index (χ1v) is 12.4. The molecule has 0 amide bonds. The van der Waals surface area contributed by atoms with Crippen molar-refractivity contribution in [1.29, 1.82) is 5.26 Å². The first-order chi connectivity index (χ1) is 17.0. The molecule has 176 valence electrons. The van der Waals surface area contributed by atoms with Gasteiger partial charge in [-0.1, -0.05) is 31.7 Å². The average Bonchev–Trinajstić information content (AvgIpc) is 3.33. The molecule has 2 aromatic heterocycles. The fraction of sp³-hybridized carbons (Fsp3) is 0.300. The minimum Gasteiger partial charge on any atom is -0.371 e.